The molecule has 0 radical (unpaired) electrons. The molecule has 0 atom stereocenters. The molecular weight excluding hydrogens is 250 g/mol. The second-order valence-corrected chi connectivity index (χ2v) is 4.94. The average molecular weight is 269 g/mol. The summed E-state index contributed by atoms with van der Waals surface area (Å²) in [5.74, 6) is 0.203. The van der Waals surface area contributed by atoms with E-state index in [1.54, 1.807) is 7.11 Å². The molecule has 1 aromatic rings. The van der Waals surface area contributed by atoms with E-state index in [0.717, 1.165) is 4.90 Å². The first-order chi connectivity index (χ1) is 8.63. The lowest BCUT2D eigenvalue weighted by atomic mass is 10.2. The molecule has 0 saturated carbocycles. The van der Waals surface area contributed by atoms with E-state index in [0.29, 0.717) is 19.0 Å². The minimum Gasteiger partial charge on any atom is -0.382 e. The Balaban J connectivity index is 2.31. The Labute approximate surface area is 112 Å². The molecule has 0 aliphatic rings. The summed E-state index contributed by atoms with van der Waals surface area (Å²) in [4.78, 5) is 17.5. The number of hydroxylamine groups is 1. The Morgan fingerprint density at radius 1 is 1.33 bits per heavy atom. The first kappa shape index (κ1) is 15.0. The zero-order chi connectivity index (χ0) is 13.4. The highest BCUT2D eigenvalue weighted by atomic mass is 32.2. The smallest absolute Gasteiger partial charge is 0.253 e. The average Bonchev–Trinajstić information content (AvgIpc) is 2.36. The Morgan fingerprint density at radius 3 is 2.83 bits per heavy atom. The fraction of sp³-hybridized carbons (Fsp3) is 0.462. The summed E-state index contributed by atoms with van der Waals surface area (Å²) in [6.07, 6.45) is 0. The van der Waals surface area contributed by atoms with Gasteiger partial charge in [-0.25, -0.2) is 5.48 Å². The molecule has 4 nitrogen and oxygen atoms in total. The van der Waals surface area contributed by atoms with Crippen LogP contribution in [0.4, 0.5) is 0 Å². The van der Waals surface area contributed by atoms with Crippen molar-refractivity contribution in [1.82, 2.24) is 5.48 Å². The van der Waals surface area contributed by atoms with Gasteiger partial charge < -0.3 is 4.74 Å². The van der Waals surface area contributed by atoms with Crippen molar-refractivity contribution in [1.29, 1.82) is 0 Å². The van der Waals surface area contributed by atoms with E-state index >= 15 is 0 Å². The maximum Gasteiger partial charge on any atom is 0.253 e. The van der Waals surface area contributed by atoms with E-state index in [1.165, 1.54) is 22.9 Å². The third-order valence-electron chi connectivity index (χ3n) is 2.28. The highest BCUT2D eigenvalue weighted by molar-refractivity contribution is 8.00. The van der Waals surface area contributed by atoms with Crippen molar-refractivity contribution in [3.05, 3.63) is 29.3 Å². The zero-order valence-corrected chi connectivity index (χ0v) is 11.8. The van der Waals surface area contributed by atoms with E-state index < -0.39 is 0 Å². The third kappa shape index (κ3) is 5.53. The van der Waals surface area contributed by atoms with Crippen molar-refractivity contribution in [3.63, 3.8) is 0 Å². The maximum atomic E-state index is 11.5. The molecule has 0 heterocycles. The number of nitrogens with one attached hydrogen (secondary N) is 1. The number of thioether (sulfide) groups is 1. The summed E-state index contributed by atoms with van der Waals surface area (Å²) in [5.41, 5.74) is 4.76. The first-order valence-electron chi connectivity index (χ1n) is 5.73. The number of rotatable bonds is 7. The molecule has 0 aliphatic heterocycles. The molecule has 0 aliphatic carbocycles. The van der Waals surface area contributed by atoms with Crippen LogP contribution < -0.4 is 5.48 Å². The summed E-state index contributed by atoms with van der Waals surface area (Å²) in [6, 6.07) is 6.21. The fourth-order valence-corrected chi connectivity index (χ4v) is 2.20. The number of carbonyl (C=O) groups excluding carboxylic acids is 1. The molecule has 5 heteroatoms. The van der Waals surface area contributed by atoms with Crippen LogP contribution in [-0.2, 0) is 14.4 Å². The molecule has 1 N–H and O–H groups in total. The van der Waals surface area contributed by atoms with Crippen molar-refractivity contribution in [2.45, 2.75) is 18.7 Å². The standard InChI is InChI=1S/C13H19NO3S/c1-10-4-5-11(2)12(8-10)18-9-13(15)14-17-7-6-16-3/h4-5,8H,6-7,9H2,1-3H3,(H,14,15). The summed E-state index contributed by atoms with van der Waals surface area (Å²) in [6.45, 7) is 4.90. The van der Waals surface area contributed by atoms with Crippen molar-refractivity contribution >= 4 is 17.7 Å². The molecule has 100 valence electrons. The minimum atomic E-state index is -0.142. The van der Waals surface area contributed by atoms with Crippen molar-refractivity contribution in [2.75, 3.05) is 26.1 Å². The zero-order valence-electron chi connectivity index (χ0n) is 11.0. The number of amides is 1. The van der Waals surface area contributed by atoms with Gasteiger partial charge in [-0.3, -0.25) is 9.63 Å². The van der Waals surface area contributed by atoms with Crippen LogP contribution in [0.2, 0.25) is 0 Å². The van der Waals surface area contributed by atoms with E-state index in [9.17, 15) is 4.79 Å². The van der Waals surface area contributed by atoms with Crippen molar-refractivity contribution < 1.29 is 14.4 Å². The quantitative estimate of drug-likeness (QED) is 0.468. The summed E-state index contributed by atoms with van der Waals surface area (Å²) < 4.78 is 4.80. The molecule has 0 saturated heterocycles. The summed E-state index contributed by atoms with van der Waals surface area (Å²) in [7, 11) is 1.58. The van der Waals surface area contributed by atoms with E-state index in [1.807, 2.05) is 13.8 Å². The van der Waals surface area contributed by atoms with Gasteiger partial charge in [-0.1, -0.05) is 17.7 Å². The molecule has 1 aromatic carbocycles. The second-order valence-electron chi connectivity index (χ2n) is 3.92. The van der Waals surface area contributed by atoms with Gasteiger partial charge in [-0.2, -0.15) is 0 Å². The molecule has 18 heavy (non-hydrogen) atoms. The lowest BCUT2D eigenvalue weighted by molar-refractivity contribution is -0.131. The van der Waals surface area contributed by atoms with E-state index in [-0.39, 0.29) is 5.91 Å². The number of benzene rings is 1. The molecular formula is C13H19NO3S. The van der Waals surface area contributed by atoms with Gasteiger partial charge in [-0.15, -0.1) is 11.8 Å². The minimum absolute atomic E-state index is 0.142. The fourth-order valence-electron chi connectivity index (χ4n) is 1.29. The van der Waals surface area contributed by atoms with Gasteiger partial charge in [0, 0.05) is 12.0 Å². The van der Waals surface area contributed by atoms with Gasteiger partial charge in [0.25, 0.3) is 5.91 Å². The first-order valence-corrected chi connectivity index (χ1v) is 6.71. The van der Waals surface area contributed by atoms with Crippen LogP contribution in [0.15, 0.2) is 23.1 Å². The molecule has 1 amide bonds. The lowest BCUT2D eigenvalue weighted by Gasteiger charge is -2.07. The Kier molecular flexibility index (Phi) is 6.78. The normalized spacial score (nSPS) is 10.4. The predicted molar refractivity (Wildman–Crippen MR) is 72.6 cm³/mol. The molecule has 0 aromatic heterocycles. The SMILES string of the molecule is COCCONC(=O)CSc1cc(C)ccc1C. The summed E-state index contributed by atoms with van der Waals surface area (Å²) in [5, 5.41) is 0. The predicted octanol–water partition coefficient (Wildman–Crippen LogP) is 2.09. The van der Waals surface area contributed by atoms with Crippen molar-refractivity contribution in [2.24, 2.45) is 0 Å². The monoisotopic (exact) mass is 269 g/mol. The Morgan fingerprint density at radius 2 is 2.11 bits per heavy atom. The number of aryl methyl sites for hydroxylation is 2. The molecule has 1 rings (SSSR count). The van der Waals surface area contributed by atoms with Crippen LogP contribution in [0.1, 0.15) is 11.1 Å². The Bertz CT molecular complexity index is 396. The molecule has 0 bridgehead atoms. The Hall–Kier alpha value is -1.04. The number of hydrogen-bond donors (Lipinski definition) is 1. The number of hydrogen-bond acceptors (Lipinski definition) is 4. The molecule has 0 spiro atoms. The largest absolute Gasteiger partial charge is 0.382 e. The number of carbonyl (C=O) groups is 1. The van der Waals surface area contributed by atoms with Gasteiger partial charge in [0.1, 0.15) is 0 Å². The topological polar surface area (TPSA) is 47.6 Å². The van der Waals surface area contributed by atoms with E-state index in [4.69, 9.17) is 9.57 Å². The maximum absolute atomic E-state index is 11.5. The number of ether oxygens (including phenoxy) is 1. The third-order valence-corrected chi connectivity index (χ3v) is 3.44. The molecule has 0 unspecified atom stereocenters. The van der Waals surface area contributed by atoms with Crippen LogP contribution in [0.25, 0.3) is 0 Å². The van der Waals surface area contributed by atoms with Crippen LogP contribution >= 0.6 is 11.8 Å². The van der Waals surface area contributed by atoms with Crippen LogP contribution in [0, 0.1) is 13.8 Å². The van der Waals surface area contributed by atoms with Crippen LogP contribution in [-0.4, -0.2) is 32.0 Å². The second kappa shape index (κ2) is 8.13. The van der Waals surface area contributed by atoms with Crippen LogP contribution in [0.5, 0.6) is 0 Å². The highest BCUT2D eigenvalue weighted by Crippen LogP contribution is 2.23. The van der Waals surface area contributed by atoms with Crippen molar-refractivity contribution in [3.8, 4) is 0 Å². The molecule has 0 fully saturated rings. The van der Waals surface area contributed by atoms with Gasteiger partial charge in [-0.05, 0) is 25.5 Å². The van der Waals surface area contributed by atoms with Gasteiger partial charge in [0.15, 0.2) is 0 Å². The van der Waals surface area contributed by atoms with Gasteiger partial charge >= 0.3 is 0 Å². The lowest BCUT2D eigenvalue weighted by Crippen LogP contribution is -2.26. The van der Waals surface area contributed by atoms with Gasteiger partial charge in [0.05, 0.1) is 19.0 Å². The van der Waals surface area contributed by atoms with Crippen LogP contribution in [0.3, 0.4) is 0 Å². The number of methoxy groups -OCH3 is 1. The van der Waals surface area contributed by atoms with Gasteiger partial charge in [0.2, 0.25) is 0 Å². The van der Waals surface area contributed by atoms with E-state index in [2.05, 4.69) is 23.7 Å². The highest BCUT2D eigenvalue weighted by Gasteiger charge is 2.05. The summed E-state index contributed by atoms with van der Waals surface area (Å²) >= 11 is 1.51.